The molecule has 0 radical (unpaired) electrons. The quantitative estimate of drug-likeness (QED) is 0.221. The molecule has 1 aliphatic rings. The minimum atomic E-state index is -0.635. The zero-order chi connectivity index (χ0) is 29.6. The number of carbonyl (C=O) groups is 1. The number of carbonyl (C=O) groups excluding carboxylic acids is 1. The number of anilines is 1. The molecule has 3 atom stereocenters. The Kier molecular flexibility index (Phi) is 8.81. The zero-order valence-electron chi connectivity index (χ0n) is 24.0. The Morgan fingerprint density at radius 3 is 2.44 bits per heavy atom. The number of benzene rings is 4. The van der Waals surface area contributed by atoms with Gasteiger partial charge in [-0.05, 0) is 48.0 Å². The van der Waals surface area contributed by atoms with Gasteiger partial charge < -0.3 is 19.9 Å². The van der Waals surface area contributed by atoms with E-state index in [0.29, 0.717) is 17.6 Å². The van der Waals surface area contributed by atoms with Crippen molar-refractivity contribution in [1.82, 2.24) is 14.9 Å². The summed E-state index contributed by atoms with van der Waals surface area (Å²) >= 11 is 0. The average Bonchev–Trinajstić information content (AvgIpc) is 3.05. The van der Waals surface area contributed by atoms with Crippen molar-refractivity contribution < 1.29 is 19.4 Å². The predicted octanol–water partition coefficient (Wildman–Crippen LogP) is 6.05. The molecular formula is C35H34N4O4. The number of hydrogen-bond donors (Lipinski definition) is 2. The number of aliphatic hydroxyl groups excluding tert-OH is 1. The summed E-state index contributed by atoms with van der Waals surface area (Å²) in [6, 6.07) is 33.2. The van der Waals surface area contributed by atoms with Gasteiger partial charge in [-0.25, -0.2) is 4.98 Å². The lowest BCUT2D eigenvalue weighted by Crippen LogP contribution is -2.37. The van der Waals surface area contributed by atoms with E-state index < -0.39 is 6.29 Å². The average molecular weight is 575 g/mol. The molecule has 0 aliphatic carbocycles. The summed E-state index contributed by atoms with van der Waals surface area (Å²) in [5.74, 6) is -0.344. The monoisotopic (exact) mass is 574 g/mol. The van der Waals surface area contributed by atoms with E-state index in [1.807, 2.05) is 78.9 Å². The summed E-state index contributed by atoms with van der Waals surface area (Å²) < 4.78 is 13.0. The Bertz CT molecular complexity index is 1680. The highest BCUT2D eigenvalue weighted by Crippen LogP contribution is 2.38. The zero-order valence-corrected chi connectivity index (χ0v) is 24.0. The molecule has 0 spiro atoms. The third kappa shape index (κ3) is 7.13. The number of para-hydroxylation sites is 2. The van der Waals surface area contributed by atoms with Crippen LogP contribution in [-0.2, 0) is 22.6 Å². The van der Waals surface area contributed by atoms with E-state index in [0.717, 1.165) is 35.3 Å². The van der Waals surface area contributed by atoms with Crippen molar-refractivity contribution in [3.8, 4) is 0 Å². The van der Waals surface area contributed by atoms with E-state index in [2.05, 4.69) is 51.5 Å². The minimum Gasteiger partial charge on any atom is -0.392 e. The number of hydrogen-bond acceptors (Lipinski definition) is 7. The van der Waals surface area contributed by atoms with Crippen molar-refractivity contribution in [3.05, 3.63) is 137 Å². The maximum Gasteiger partial charge on any atom is 0.275 e. The van der Waals surface area contributed by atoms with Gasteiger partial charge in [0, 0.05) is 30.8 Å². The van der Waals surface area contributed by atoms with E-state index in [9.17, 15) is 9.90 Å². The third-order valence-corrected chi connectivity index (χ3v) is 7.52. The van der Waals surface area contributed by atoms with E-state index in [-0.39, 0.29) is 30.4 Å². The SMILES string of the molecule is CN(Cc1ccccc1)C[C@@H]1C[C@H](c2ccc(CO)cc2)O[C@H](c2cccc(NC(=O)c3cnc4ccccc4n3)c2)O1. The topological polar surface area (TPSA) is 96.8 Å². The highest BCUT2D eigenvalue weighted by atomic mass is 16.7. The summed E-state index contributed by atoms with van der Waals surface area (Å²) in [5.41, 5.74) is 6.16. The normalized spacial score (nSPS) is 18.5. The Labute approximate surface area is 250 Å². The molecule has 1 aliphatic heterocycles. The van der Waals surface area contributed by atoms with Crippen molar-refractivity contribution in [2.24, 2.45) is 0 Å². The van der Waals surface area contributed by atoms with Gasteiger partial charge in [-0.2, -0.15) is 0 Å². The number of nitrogens with zero attached hydrogens (tertiary/aromatic N) is 3. The Balaban J connectivity index is 1.20. The van der Waals surface area contributed by atoms with E-state index >= 15 is 0 Å². The van der Waals surface area contributed by atoms with Gasteiger partial charge in [0.2, 0.25) is 0 Å². The fraction of sp³-hybridized carbons (Fsp3) is 0.229. The van der Waals surface area contributed by atoms with Gasteiger partial charge >= 0.3 is 0 Å². The molecule has 218 valence electrons. The van der Waals surface area contributed by atoms with Gasteiger partial charge in [0.15, 0.2) is 6.29 Å². The molecule has 8 nitrogen and oxygen atoms in total. The van der Waals surface area contributed by atoms with Gasteiger partial charge in [0.1, 0.15) is 5.69 Å². The molecule has 2 heterocycles. The number of nitrogens with one attached hydrogen (secondary N) is 1. The molecule has 1 amide bonds. The summed E-state index contributed by atoms with van der Waals surface area (Å²) in [4.78, 5) is 24.1. The van der Waals surface area contributed by atoms with Crippen LogP contribution in [0.4, 0.5) is 5.69 Å². The van der Waals surface area contributed by atoms with Crippen LogP contribution in [-0.4, -0.2) is 45.6 Å². The highest BCUT2D eigenvalue weighted by molar-refractivity contribution is 6.03. The first kappa shape index (κ1) is 28.6. The lowest BCUT2D eigenvalue weighted by molar-refractivity contribution is -0.252. The lowest BCUT2D eigenvalue weighted by atomic mass is 9.99. The van der Waals surface area contributed by atoms with Crippen LogP contribution in [0.1, 0.15) is 51.6 Å². The van der Waals surface area contributed by atoms with Crippen LogP contribution in [0.2, 0.25) is 0 Å². The molecule has 43 heavy (non-hydrogen) atoms. The van der Waals surface area contributed by atoms with Crippen molar-refractivity contribution in [2.75, 3.05) is 18.9 Å². The molecule has 4 aromatic carbocycles. The Hall–Kier alpha value is -4.47. The molecule has 5 aromatic rings. The van der Waals surface area contributed by atoms with Gasteiger partial charge in [-0.15, -0.1) is 0 Å². The predicted molar refractivity (Wildman–Crippen MR) is 165 cm³/mol. The largest absolute Gasteiger partial charge is 0.392 e. The maximum absolute atomic E-state index is 13.1. The number of likely N-dealkylation sites (N-methyl/N-ethyl adjacent to an activating group) is 1. The van der Waals surface area contributed by atoms with Crippen LogP contribution in [0.25, 0.3) is 11.0 Å². The van der Waals surface area contributed by atoms with Crippen LogP contribution < -0.4 is 5.32 Å². The molecule has 0 bridgehead atoms. The molecule has 0 unspecified atom stereocenters. The first-order valence-electron chi connectivity index (χ1n) is 14.4. The van der Waals surface area contributed by atoms with Crippen molar-refractivity contribution in [2.45, 2.75) is 38.1 Å². The minimum absolute atomic E-state index is 0.00620. The van der Waals surface area contributed by atoms with E-state index in [1.54, 1.807) is 0 Å². The fourth-order valence-electron chi connectivity index (χ4n) is 5.37. The van der Waals surface area contributed by atoms with Gasteiger partial charge in [-0.3, -0.25) is 14.7 Å². The third-order valence-electron chi connectivity index (χ3n) is 7.52. The van der Waals surface area contributed by atoms with Gasteiger partial charge in [-0.1, -0.05) is 78.9 Å². The fourth-order valence-corrected chi connectivity index (χ4v) is 5.37. The summed E-state index contributed by atoms with van der Waals surface area (Å²) in [6.45, 7) is 1.52. The number of rotatable bonds is 9. The number of fused-ring (bicyclic) bond motifs is 1. The van der Waals surface area contributed by atoms with Gasteiger partial charge in [0.25, 0.3) is 5.91 Å². The van der Waals surface area contributed by atoms with Crippen LogP contribution in [0, 0.1) is 0 Å². The number of aromatic nitrogens is 2. The summed E-state index contributed by atoms with van der Waals surface area (Å²) in [6.07, 6.45) is 1.24. The van der Waals surface area contributed by atoms with Gasteiger partial charge in [0.05, 0.1) is 36.0 Å². The Morgan fingerprint density at radius 2 is 1.65 bits per heavy atom. The second-order valence-electron chi connectivity index (χ2n) is 10.9. The number of amides is 1. The smallest absolute Gasteiger partial charge is 0.275 e. The lowest BCUT2D eigenvalue weighted by Gasteiger charge is -2.38. The molecule has 1 saturated heterocycles. The second-order valence-corrected chi connectivity index (χ2v) is 10.9. The first-order valence-corrected chi connectivity index (χ1v) is 14.4. The molecule has 0 saturated carbocycles. The van der Waals surface area contributed by atoms with Crippen LogP contribution in [0.15, 0.2) is 109 Å². The molecule has 1 fully saturated rings. The van der Waals surface area contributed by atoms with E-state index in [1.165, 1.54) is 11.8 Å². The second kappa shape index (κ2) is 13.2. The van der Waals surface area contributed by atoms with Crippen molar-refractivity contribution in [1.29, 1.82) is 0 Å². The summed E-state index contributed by atoms with van der Waals surface area (Å²) in [7, 11) is 2.09. The standard InChI is InChI=1S/C35H34N4O4/c1-39(21-24-8-3-2-4-9-24)22-29-19-33(26-16-14-25(23-40)15-17-26)43-35(42-29)27-10-7-11-28(18-27)37-34(41)32-20-36-30-12-5-6-13-31(30)38-32/h2-18,20,29,33,35,40H,19,21-23H2,1H3,(H,37,41)/t29-,33+,35+/m0/s1. The highest BCUT2D eigenvalue weighted by Gasteiger charge is 2.33. The first-order chi connectivity index (χ1) is 21.0. The number of ether oxygens (including phenoxy) is 2. The van der Waals surface area contributed by atoms with E-state index in [4.69, 9.17) is 9.47 Å². The summed E-state index contributed by atoms with van der Waals surface area (Å²) in [5, 5.41) is 12.4. The molecule has 6 rings (SSSR count). The van der Waals surface area contributed by atoms with Crippen LogP contribution in [0.5, 0.6) is 0 Å². The van der Waals surface area contributed by atoms with Crippen molar-refractivity contribution >= 4 is 22.6 Å². The molecular weight excluding hydrogens is 540 g/mol. The molecule has 2 N–H and O–H groups in total. The number of aliphatic hydroxyl groups is 1. The van der Waals surface area contributed by atoms with Crippen LogP contribution >= 0.6 is 0 Å². The molecule has 1 aromatic heterocycles. The Morgan fingerprint density at radius 1 is 0.884 bits per heavy atom. The van der Waals surface area contributed by atoms with Crippen LogP contribution in [0.3, 0.4) is 0 Å². The molecule has 8 heteroatoms. The van der Waals surface area contributed by atoms with Crippen molar-refractivity contribution in [3.63, 3.8) is 0 Å². The maximum atomic E-state index is 13.1.